The summed E-state index contributed by atoms with van der Waals surface area (Å²) >= 11 is 6.08. The fraction of sp³-hybridized carbons (Fsp3) is 0.588. The Morgan fingerprint density at radius 1 is 1.38 bits per heavy atom. The lowest BCUT2D eigenvalue weighted by molar-refractivity contribution is -0.126. The molecule has 3 rings (SSSR count). The summed E-state index contributed by atoms with van der Waals surface area (Å²) in [7, 11) is 0. The highest BCUT2D eigenvalue weighted by Crippen LogP contribution is 2.48. The molecule has 21 heavy (non-hydrogen) atoms. The Balaban J connectivity index is 1.61. The van der Waals surface area contributed by atoms with E-state index in [1.807, 2.05) is 18.2 Å². The number of halogens is 1. The van der Waals surface area contributed by atoms with Gasteiger partial charge in [-0.1, -0.05) is 30.2 Å². The Bertz CT molecular complexity index is 527. The number of benzene rings is 1. The van der Waals surface area contributed by atoms with Gasteiger partial charge >= 0.3 is 0 Å². The van der Waals surface area contributed by atoms with Crippen molar-refractivity contribution in [2.45, 2.75) is 37.5 Å². The highest BCUT2D eigenvalue weighted by atomic mass is 35.5. The van der Waals surface area contributed by atoms with Crippen molar-refractivity contribution >= 4 is 17.5 Å². The van der Waals surface area contributed by atoms with Gasteiger partial charge in [-0.25, -0.2) is 0 Å². The highest BCUT2D eigenvalue weighted by molar-refractivity contribution is 6.30. The van der Waals surface area contributed by atoms with E-state index in [2.05, 4.69) is 11.4 Å². The molecule has 1 aromatic carbocycles. The van der Waals surface area contributed by atoms with Crippen molar-refractivity contribution in [1.82, 2.24) is 5.32 Å². The predicted molar refractivity (Wildman–Crippen MR) is 85.3 cm³/mol. The van der Waals surface area contributed by atoms with Crippen LogP contribution in [0.2, 0.25) is 5.02 Å². The Morgan fingerprint density at radius 3 is 2.86 bits per heavy atom. The molecule has 1 amide bonds. The minimum Gasteiger partial charge on any atom is -0.355 e. The van der Waals surface area contributed by atoms with Crippen LogP contribution >= 0.6 is 11.6 Å². The summed E-state index contributed by atoms with van der Waals surface area (Å²) in [6.45, 7) is 1.34. The molecule has 0 spiro atoms. The molecule has 114 valence electrons. The van der Waals surface area contributed by atoms with E-state index >= 15 is 0 Å². The van der Waals surface area contributed by atoms with E-state index in [0.717, 1.165) is 43.7 Å². The zero-order valence-electron chi connectivity index (χ0n) is 12.3. The molecule has 2 fully saturated rings. The second kappa shape index (κ2) is 5.98. The lowest BCUT2D eigenvalue weighted by atomic mass is 9.93. The van der Waals surface area contributed by atoms with Crippen LogP contribution in [0.1, 0.15) is 37.7 Å². The Hall–Kier alpha value is -1.06. The van der Waals surface area contributed by atoms with E-state index in [4.69, 9.17) is 17.3 Å². The molecule has 3 N–H and O–H groups in total. The molecule has 0 aromatic heterocycles. The van der Waals surface area contributed by atoms with E-state index in [1.54, 1.807) is 0 Å². The fourth-order valence-electron chi connectivity index (χ4n) is 3.59. The summed E-state index contributed by atoms with van der Waals surface area (Å²) in [5.41, 5.74) is 7.13. The van der Waals surface area contributed by atoms with Crippen LogP contribution in [0.25, 0.3) is 0 Å². The molecule has 2 aliphatic rings. The summed E-state index contributed by atoms with van der Waals surface area (Å²) in [5.74, 6) is 0.674. The van der Waals surface area contributed by atoms with Gasteiger partial charge in [0.05, 0.1) is 0 Å². The Kier molecular flexibility index (Phi) is 4.23. The van der Waals surface area contributed by atoms with Crippen molar-refractivity contribution in [2.24, 2.45) is 17.6 Å². The van der Waals surface area contributed by atoms with Crippen molar-refractivity contribution in [3.8, 4) is 0 Å². The molecule has 2 aliphatic carbocycles. The third-order valence-electron chi connectivity index (χ3n) is 5.19. The largest absolute Gasteiger partial charge is 0.355 e. The van der Waals surface area contributed by atoms with Gasteiger partial charge < -0.3 is 11.1 Å². The molecule has 2 atom stereocenters. The minimum absolute atomic E-state index is 0.109. The van der Waals surface area contributed by atoms with Crippen LogP contribution in [0.5, 0.6) is 0 Å². The van der Waals surface area contributed by atoms with Gasteiger partial charge in [-0.15, -0.1) is 0 Å². The van der Waals surface area contributed by atoms with E-state index in [1.165, 1.54) is 5.56 Å². The summed E-state index contributed by atoms with van der Waals surface area (Å²) in [4.78, 5) is 12.4. The highest BCUT2D eigenvalue weighted by Gasteiger charge is 2.45. The van der Waals surface area contributed by atoms with E-state index < -0.39 is 0 Å². The lowest BCUT2D eigenvalue weighted by Crippen LogP contribution is -2.39. The van der Waals surface area contributed by atoms with Crippen LogP contribution in [0.3, 0.4) is 0 Å². The first-order chi connectivity index (χ1) is 10.1. The summed E-state index contributed by atoms with van der Waals surface area (Å²) < 4.78 is 0. The first-order valence-electron chi connectivity index (χ1n) is 7.88. The van der Waals surface area contributed by atoms with Gasteiger partial charge in [-0.2, -0.15) is 0 Å². The van der Waals surface area contributed by atoms with Crippen molar-refractivity contribution in [1.29, 1.82) is 0 Å². The van der Waals surface area contributed by atoms with Crippen molar-refractivity contribution < 1.29 is 4.79 Å². The number of nitrogens with two attached hydrogens (primary N) is 1. The fourth-order valence-corrected chi connectivity index (χ4v) is 3.78. The summed E-state index contributed by atoms with van der Waals surface area (Å²) in [6, 6.07) is 8.02. The summed E-state index contributed by atoms with van der Waals surface area (Å²) in [5, 5.41) is 3.94. The van der Waals surface area contributed by atoms with Crippen molar-refractivity contribution in [3.63, 3.8) is 0 Å². The predicted octanol–water partition coefficient (Wildman–Crippen LogP) is 2.86. The van der Waals surface area contributed by atoms with Gasteiger partial charge in [-0.3, -0.25) is 4.79 Å². The summed E-state index contributed by atoms with van der Waals surface area (Å²) in [6.07, 6.45) is 5.45. The van der Waals surface area contributed by atoms with Crippen LogP contribution < -0.4 is 11.1 Å². The zero-order valence-corrected chi connectivity index (χ0v) is 13.0. The molecule has 0 heterocycles. The van der Waals surface area contributed by atoms with Gasteiger partial charge in [0.15, 0.2) is 0 Å². The van der Waals surface area contributed by atoms with Gasteiger partial charge in [0.25, 0.3) is 0 Å². The molecule has 1 aromatic rings. The zero-order chi connectivity index (χ0) is 14.9. The van der Waals surface area contributed by atoms with E-state index in [9.17, 15) is 4.79 Å². The second-order valence-electron chi connectivity index (χ2n) is 6.54. The molecule has 0 unspecified atom stereocenters. The molecule has 2 saturated carbocycles. The molecule has 3 nitrogen and oxygen atoms in total. The smallest absolute Gasteiger partial charge is 0.223 e. The molecule has 4 heteroatoms. The topological polar surface area (TPSA) is 55.1 Å². The maximum atomic E-state index is 12.4. The van der Waals surface area contributed by atoms with Gasteiger partial charge in [-0.05, 0) is 55.8 Å². The molecular formula is C17H23ClN2O. The van der Waals surface area contributed by atoms with Crippen LogP contribution in [-0.2, 0) is 10.2 Å². The molecule has 0 radical (unpaired) electrons. The van der Waals surface area contributed by atoms with E-state index in [-0.39, 0.29) is 17.2 Å². The first-order valence-corrected chi connectivity index (χ1v) is 8.26. The SMILES string of the molecule is NC[C@H]1CCC[C@H]1C(=O)NCC1(c2cccc(Cl)c2)CC1. The number of carbonyl (C=O) groups is 1. The number of nitrogens with one attached hydrogen (secondary N) is 1. The normalized spacial score (nSPS) is 26.6. The quantitative estimate of drug-likeness (QED) is 0.879. The van der Waals surface area contributed by atoms with Crippen LogP contribution in [-0.4, -0.2) is 19.0 Å². The minimum atomic E-state index is 0.109. The maximum Gasteiger partial charge on any atom is 0.223 e. The molecular weight excluding hydrogens is 284 g/mol. The van der Waals surface area contributed by atoms with Crippen molar-refractivity contribution in [2.75, 3.05) is 13.1 Å². The number of carbonyl (C=O) groups excluding carboxylic acids is 1. The third kappa shape index (κ3) is 3.09. The standard InChI is InChI=1S/C17H23ClN2O/c18-14-5-2-4-13(9-14)17(7-8-17)11-20-16(21)15-6-1-3-12(15)10-19/h2,4-5,9,12,15H,1,3,6-8,10-11,19H2,(H,20,21)/t12-,15-/m1/s1. The number of amides is 1. The van der Waals surface area contributed by atoms with Gasteiger partial charge in [0.1, 0.15) is 0 Å². The number of hydrogen-bond donors (Lipinski definition) is 2. The maximum absolute atomic E-state index is 12.4. The molecule has 0 bridgehead atoms. The average Bonchev–Trinajstić information content (AvgIpc) is 3.13. The molecule has 0 aliphatic heterocycles. The first kappa shape index (κ1) is 14.9. The Morgan fingerprint density at radius 2 is 2.19 bits per heavy atom. The van der Waals surface area contributed by atoms with Gasteiger partial charge in [0.2, 0.25) is 5.91 Å². The number of hydrogen-bond acceptors (Lipinski definition) is 2. The average molecular weight is 307 g/mol. The van der Waals surface area contributed by atoms with Crippen LogP contribution in [0.15, 0.2) is 24.3 Å². The third-order valence-corrected chi connectivity index (χ3v) is 5.43. The monoisotopic (exact) mass is 306 g/mol. The van der Waals surface area contributed by atoms with E-state index in [0.29, 0.717) is 12.5 Å². The lowest BCUT2D eigenvalue weighted by Gasteiger charge is -2.21. The van der Waals surface area contributed by atoms with Crippen LogP contribution in [0.4, 0.5) is 0 Å². The number of rotatable bonds is 5. The second-order valence-corrected chi connectivity index (χ2v) is 6.98. The Labute approximate surface area is 131 Å². The van der Waals surface area contributed by atoms with Crippen LogP contribution in [0, 0.1) is 11.8 Å². The molecule has 0 saturated heterocycles. The van der Waals surface area contributed by atoms with Gasteiger partial charge in [0, 0.05) is 22.9 Å². The van der Waals surface area contributed by atoms with Crippen molar-refractivity contribution in [3.05, 3.63) is 34.9 Å².